The molecule has 61 heavy (non-hydrogen) atoms. The summed E-state index contributed by atoms with van der Waals surface area (Å²) in [6.07, 6.45) is 4.79. The van der Waals surface area contributed by atoms with Crippen LogP contribution in [-0.4, -0.2) is 78.6 Å². The first kappa shape index (κ1) is 52.2. The van der Waals surface area contributed by atoms with Crippen molar-refractivity contribution in [3.63, 3.8) is 0 Å². The maximum Gasteiger partial charge on any atom is 0.402 e. The first-order valence-electron chi connectivity index (χ1n) is 21.4. The Morgan fingerprint density at radius 2 is 0.984 bits per heavy atom. The van der Waals surface area contributed by atoms with Gasteiger partial charge < -0.3 is 29.2 Å². The summed E-state index contributed by atoms with van der Waals surface area (Å²) in [7, 11) is 0. The Labute approximate surface area is 356 Å². The average Bonchev–Trinajstić information content (AvgIpc) is 3.23. The van der Waals surface area contributed by atoms with Gasteiger partial charge >= 0.3 is 42.0 Å². The molecule has 15 heteroatoms. The molecule has 2 aromatic carbocycles. The Balaban J connectivity index is 2.15. The molecule has 2 N–H and O–H groups in total. The van der Waals surface area contributed by atoms with Gasteiger partial charge in [-0.15, -0.1) is 0 Å². The molecule has 0 fully saturated rings. The highest BCUT2D eigenvalue weighted by Gasteiger charge is 2.54. The van der Waals surface area contributed by atoms with Crippen LogP contribution in [0.1, 0.15) is 183 Å². The van der Waals surface area contributed by atoms with Crippen molar-refractivity contribution >= 4 is 35.8 Å². The van der Waals surface area contributed by atoms with Gasteiger partial charge in [0, 0.05) is 12.8 Å². The van der Waals surface area contributed by atoms with Gasteiger partial charge in [-0.2, -0.15) is 13.2 Å². The van der Waals surface area contributed by atoms with Crippen LogP contribution in [-0.2, 0) is 34.0 Å². The molecular weight excluding hydrogens is 801 g/mol. The summed E-state index contributed by atoms with van der Waals surface area (Å²) >= 11 is 0. The highest BCUT2D eigenvalue weighted by Crippen LogP contribution is 2.47. The van der Waals surface area contributed by atoms with Crippen LogP contribution < -0.4 is 0 Å². The van der Waals surface area contributed by atoms with E-state index in [2.05, 4.69) is 13.8 Å². The summed E-state index contributed by atoms with van der Waals surface area (Å²) in [4.78, 5) is 74.8. The van der Waals surface area contributed by atoms with Crippen LogP contribution in [0.25, 0.3) is 0 Å². The van der Waals surface area contributed by atoms with Crippen molar-refractivity contribution in [2.45, 2.75) is 143 Å². The molecule has 2 rings (SSSR count). The average molecular weight is 865 g/mol. The molecule has 0 saturated heterocycles. The lowest BCUT2D eigenvalue weighted by molar-refractivity contribution is -0.173. The van der Waals surface area contributed by atoms with Gasteiger partial charge in [-0.3, -0.25) is 9.59 Å². The number of halogens is 3. The summed E-state index contributed by atoms with van der Waals surface area (Å²) in [6.45, 7) is 9.29. The third-order valence-corrected chi connectivity index (χ3v) is 11.0. The minimum atomic E-state index is -5.13. The van der Waals surface area contributed by atoms with Crippen molar-refractivity contribution in [3.8, 4) is 0 Å². The summed E-state index contributed by atoms with van der Waals surface area (Å²) < 4.78 is 66.5. The van der Waals surface area contributed by atoms with Gasteiger partial charge in [0.25, 0.3) is 0 Å². The van der Waals surface area contributed by atoms with E-state index < -0.39 is 68.8 Å². The molecule has 0 bridgehead atoms. The van der Waals surface area contributed by atoms with Gasteiger partial charge in [-0.05, 0) is 99.1 Å². The van der Waals surface area contributed by atoms with Crippen molar-refractivity contribution in [3.05, 3.63) is 69.8 Å². The van der Waals surface area contributed by atoms with Crippen LogP contribution in [0.5, 0.6) is 0 Å². The maximum absolute atomic E-state index is 15.1. The molecule has 0 heterocycles. The number of aromatic carboxylic acids is 2. The van der Waals surface area contributed by atoms with Crippen LogP contribution in [0.2, 0.25) is 0 Å². The predicted molar refractivity (Wildman–Crippen MR) is 221 cm³/mol. The molecule has 0 radical (unpaired) electrons. The molecule has 0 aliphatic rings. The van der Waals surface area contributed by atoms with Gasteiger partial charge in [0.1, 0.15) is 5.41 Å². The number of alkyl halides is 3. The molecule has 2 aromatic rings. The van der Waals surface area contributed by atoms with Crippen molar-refractivity contribution in [2.24, 2.45) is 11.8 Å². The van der Waals surface area contributed by atoms with E-state index in [0.717, 1.165) is 88.6 Å². The molecule has 12 nitrogen and oxygen atoms in total. The monoisotopic (exact) mass is 864 g/mol. The second-order valence-electron chi connectivity index (χ2n) is 15.5. The van der Waals surface area contributed by atoms with Crippen LogP contribution in [0.4, 0.5) is 13.2 Å². The topological polar surface area (TPSA) is 180 Å². The van der Waals surface area contributed by atoms with E-state index in [1.54, 1.807) is 0 Å². The summed E-state index contributed by atoms with van der Waals surface area (Å²) in [5.41, 5.74) is -6.75. The zero-order chi connectivity index (χ0) is 45.6. The van der Waals surface area contributed by atoms with E-state index in [-0.39, 0.29) is 56.8 Å². The Bertz CT molecular complexity index is 1760. The van der Waals surface area contributed by atoms with Crippen molar-refractivity contribution in [1.82, 2.24) is 0 Å². The van der Waals surface area contributed by atoms with E-state index in [0.29, 0.717) is 44.5 Å². The van der Waals surface area contributed by atoms with E-state index in [1.165, 1.54) is 0 Å². The van der Waals surface area contributed by atoms with Crippen molar-refractivity contribution in [1.29, 1.82) is 0 Å². The fraction of sp³-hybridized carbons (Fsp3) is 0.609. The quantitative estimate of drug-likeness (QED) is 0.0450. The second-order valence-corrected chi connectivity index (χ2v) is 15.5. The van der Waals surface area contributed by atoms with Gasteiger partial charge in [0.15, 0.2) is 0 Å². The zero-order valence-corrected chi connectivity index (χ0v) is 36.2. The minimum Gasteiger partial charge on any atom is -0.478 e. The number of esters is 4. The lowest BCUT2D eigenvalue weighted by Crippen LogP contribution is -2.41. The molecule has 0 aliphatic heterocycles. The minimum absolute atomic E-state index is 0.0814. The molecule has 0 spiro atoms. The SMILES string of the molecule is CCCCC(CC)COC(=O)CCCCCOC(=O)c1cc(C(C)(c2ccc(C(=O)OCCCCC(=O)OCC(CC)CCCC)c(C(=O)O)c2)C(F)(F)F)ccc1C(=O)O. The Morgan fingerprint density at radius 3 is 1.43 bits per heavy atom. The van der Waals surface area contributed by atoms with E-state index in [4.69, 9.17) is 18.9 Å². The number of benzene rings is 2. The van der Waals surface area contributed by atoms with Crippen LogP contribution in [0, 0.1) is 11.8 Å². The molecule has 0 saturated carbocycles. The standard InChI is InChI=1S/C46H63F3O12/c1-6-10-17-31(8-3)29-60-39(50)19-13-12-15-25-59-44(57)38-28-34(21-23-35(38)41(52)53)45(5,46(47,48)49)33-22-24-36(37(27-33)42(54)55)43(56)58-26-16-14-20-40(51)61-30-32(9-4)18-11-7-2/h21-24,27-28,31-32H,6-20,25-26,29-30H2,1-5H3,(H,52,53)(H,54,55). The number of ether oxygens (including phenoxy) is 4. The smallest absolute Gasteiger partial charge is 0.402 e. The van der Waals surface area contributed by atoms with Crippen molar-refractivity contribution < 1.29 is 71.1 Å². The number of rotatable bonds is 29. The van der Waals surface area contributed by atoms with Crippen LogP contribution in [0.15, 0.2) is 36.4 Å². The molecule has 340 valence electrons. The summed E-state index contributed by atoms with van der Waals surface area (Å²) in [6, 6.07) is 5.00. The molecule has 0 amide bonds. The number of hydrogen-bond acceptors (Lipinski definition) is 10. The third-order valence-electron chi connectivity index (χ3n) is 11.0. The molecule has 3 atom stereocenters. The molecule has 3 unspecified atom stereocenters. The molecule has 0 aromatic heterocycles. The summed E-state index contributed by atoms with van der Waals surface area (Å²) in [5.74, 6) is -5.73. The Morgan fingerprint density at radius 1 is 0.557 bits per heavy atom. The fourth-order valence-corrected chi connectivity index (χ4v) is 6.68. The Hall–Kier alpha value is -4.95. The first-order chi connectivity index (χ1) is 28.9. The molecule has 0 aliphatic carbocycles. The third kappa shape index (κ3) is 16.4. The maximum atomic E-state index is 15.1. The second kappa shape index (κ2) is 26.4. The number of carbonyl (C=O) groups excluding carboxylic acids is 4. The van der Waals surface area contributed by atoms with Crippen LogP contribution in [0.3, 0.4) is 0 Å². The number of carboxylic acids is 2. The lowest BCUT2D eigenvalue weighted by atomic mass is 9.74. The van der Waals surface area contributed by atoms with Crippen molar-refractivity contribution in [2.75, 3.05) is 26.4 Å². The Kier molecular flexibility index (Phi) is 22.6. The van der Waals surface area contributed by atoms with Gasteiger partial charge in [0.05, 0.1) is 48.7 Å². The van der Waals surface area contributed by atoms with Gasteiger partial charge in [0.2, 0.25) is 0 Å². The number of carbonyl (C=O) groups is 6. The number of carboxylic acid groups (broad SMARTS) is 2. The van der Waals surface area contributed by atoms with E-state index in [9.17, 15) is 39.0 Å². The first-order valence-corrected chi connectivity index (χ1v) is 21.4. The predicted octanol–water partition coefficient (Wildman–Crippen LogP) is 10.5. The zero-order valence-electron chi connectivity index (χ0n) is 36.2. The van der Waals surface area contributed by atoms with E-state index in [1.807, 2.05) is 13.8 Å². The number of hydrogen-bond donors (Lipinski definition) is 2. The van der Waals surface area contributed by atoms with Gasteiger partial charge in [-0.1, -0.05) is 78.4 Å². The molecular formula is C46H63F3O12. The highest BCUT2D eigenvalue weighted by atomic mass is 19.4. The normalized spacial score (nSPS) is 13.4. The highest BCUT2D eigenvalue weighted by molar-refractivity contribution is 6.03. The number of unbranched alkanes of at least 4 members (excludes halogenated alkanes) is 5. The van der Waals surface area contributed by atoms with Crippen LogP contribution >= 0.6 is 0 Å². The fourth-order valence-electron chi connectivity index (χ4n) is 6.68. The summed E-state index contributed by atoms with van der Waals surface area (Å²) in [5, 5.41) is 19.8. The van der Waals surface area contributed by atoms with Gasteiger partial charge in [-0.25, -0.2) is 19.2 Å². The van der Waals surface area contributed by atoms with E-state index >= 15 is 13.2 Å². The lowest BCUT2D eigenvalue weighted by Gasteiger charge is -2.34. The largest absolute Gasteiger partial charge is 0.478 e.